The molecular formula is C19H20ClN5S2. The first-order valence-electron chi connectivity index (χ1n) is 9.31. The maximum atomic E-state index is 6.30. The second-order valence-corrected chi connectivity index (χ2v) is 9.20. The van der Waals surface area contributed by atoms with E-state index in [4.69, 9.17) is 16.6 Å². The first kappa shape index (κ1) is 17.5. The lowest BCUT2D eigenvalue weighted by Gasteiger charge is -2.17. The van der Waals surface area contributed by atoms with Crippen LogP contribution in [0, 0.1) is 0 Å². The van der Waals surface area contributed by atoms with Gasteiger partial charge >= 0.3 is 0 Å². The third kappa shape index (κ3) is 3.60. The van der Waals surface area contributed by atoms with Gasteiger partial charge in [-0.25, -0.2) is 4.98 Å². The van der Waals surface area contributed by atoms with Crippen molar-refractivity contribution in [2.24, 2.45) is 0 Å². The zero-order valence-electron chi connectivity index (χ0n) is 14.8. The van der Waals surface area contributed by atoms with Crippen molar-refractivity contribution >= 4 is 40.6 Å². The number of halogens is 1. The summed E-state index contributed by atoms with van der Waals surface area (Å²) in [5.41, 5.74) is 2.06. The Hall–Kier alpha value is -1.57. The van der Waals surface area contributed by atoms with Gasteiger partial charge in [0.05, 0.1) is 10.7 Å². The first-order chi connectivity index (χ1) is 13.3. The molecule has 3 heterocycles. The van der Waals surface area contributed by atoms with Gasteiger partial charge in [-0.15, -0.1) is 21.5 Å². The summed E-state index contributed by atoms with van der Waals surface area (Å²) in [6.45, 7) is 2.20. The lowest BCUT2D eigenvalue weighted by Crippen LogP contribution is -2.22. The Kier molecular flexibility index (Phi) is 4.83. The van der Waals surface area contributed by atoms with Crippen LogP contribution in [0.25, 0.3) is 10.6 Å². The third-order valence-electron chi connectivity index (χ3n) is 4.95. The van der Waals surface area contributed by atoms with Crippen LogP contribution >= 0.6 is 34.7 Å². The van der Waals surface area contributed by atoms with E-state index in [1.807, 2.05) is 24.3 Å². The number of hydrogen-bond acceptors (Lipinski definition) is 6. The van der Waals surface area contributed by atoms with Crippen molar-refractivity contribution in [1.29, 1.82) is 0 Å². The van der Waals surface area contributed by atoms with Crippen molar-refractivity contribution in [2.45, 2.75) is 42.6 Å². The summed E-state index contributed by atoms with van der Waals surface area (Å²) in [5.74, 6) is 1.86. The fourth-order valence-corrected chi connectivity index (χ4v) is 5.56. The van der Waals surface area contributed by atoms with Crippen LogP contribution in [0.1, 0.15) is 37.4 Å². The predicted molar refractivity (Wildman–Crippen MR) is 112 cm³/mol. The zero-order chi connectivity index (χ0) is 18.2. The number of thioether (sulfide) groups is 1. The number of benzene rings is 1. The van der Waals surface area contributed by atoms with Crippen LogP contribution in [-0.2, 0) is 5.75 Å². The highest BCUT2D eigenvalue weighted by atomic mass is 35.5. The standard InChI is InChI=1S/C19H20ClN5S2/c20-16-6-2-1-5-15(16)17-21-13(11-26-17)12-27-19-23-22-18(24-9-3-4-10-24)25(19)14-7-8-14/h1-2,5-6,11,14H,3-4,7-10,12H2. The Morgan fingerprint density at radius 1 is 1.15 bits per heavy atom. The number of nitrogens with zero attached hydrogens (tertiary/aromatic N) is 5. The second-order valence-electron chi connectivity index (χ2n) is 6.99. The third-order valence-corrected chi connectivity index (χ3v) is 7.18. The smallest absolute Gasteiger partial charge is 0.228 e. The number of aromatic nitrogens is 4. The molecule has 1 aromatic carbocycles. The van der Waals surface area contributed by atoms with Gasteiger partial charge in [-0.3, -0.25) is 4.57 Å². The molecule has 1 saturated carbocycles. The van der Waals surface area contributed by atoms with Crippen LogP contribution in [0.3, 0.4) is 0 Å². The molecule has 0 spiro atoms. The molecule has 2 aromatic heterocycles. The van der Waals surface area contributed by atoms with E-state index < -0.39 is 0 Å². The lowest BCUT2D eigenvalue weighted by atomic mass is 10.2. The van der Waals surface area contributed by atoms with E-state index in [1.165, 1.54) is 25.7 Å². The quantitative estimate of drug-likeness (QED) is 0.510. The Bertz CT molecular complexity index is 943. The highest BCUT2D eigenvalue weighted by Gasteiger charge is 2.32. The van der Waals surface area contributed by atoms with E-state index in [9.17, 15) is 0 Å². The minimum Gasteiger partial charge on any atom is -0.341 e. The molecule has 2 aliphatic rings. The Balaban J connectivity index is 1.33. The Morgan fingerprint density at radius 2 is 1.96 bits per heavy atom. The molecule has 0 radical (unpaired) electrons. The highest BCUT2D eigenvalue weighted by Crippen LogP contribution is 2.42. The molecule has 0 amide bonds. The van der Waals surface area contributed by atoms with E-state index in [2.05, 4.69) is 25.0 Å². The lowest BCUT2D eigenvalue weighted by molar-refractivity contribution is 0.651. The van der Waals surface area contributed by atoms with Gasteiger partial charge in [0.2, 0.25) is 5.95 Å². The van der Waals surface area contributed by atoms with Gasteiger partial charge in [-0.2, -0.15) is 0 Å². The molecule has 1 aliphatic heterocycles. The highest BCUT2D eigenvalue weighted by molar-refractivity contribution is 7.98. The SMILES string of the molecule is Clc1ccccc1-c1nc(CSc2nnc(N3CCCC3)n2C2CC2)cs1. The van der Waals surface area contributed by atoms with E-state index in [-0.39, 0.29) is 0 Å². The molecule has 3 aromatic rings. The van der Waals surface area contributed by atoms with Gasteiger partial charge in [0.25, 0.3) is 0 Å². The van der Waals surface area contributed by atoms with Crippen LogP contribution in [0.5, 0.6) is 0 Å². The molecule has 1 saturated heterocycles. The second kappa shape index (κ2) is 7.45. The van der Waals surface area contributed by atoms with E-state index >= 15 is 0 Å². The van der Waals surface area contributed by atoms with Crippen molar-refractivity contribution in [3.8, 4) is 10.6 Å². The van der Waals surface area contributed by atoms with Crippen LogP contribution in [-0.4, -0.2) is 32.8 Å². The Labute approximate surface area is 171 Å². The summed E-state index contributed by atoms with van der Waals surface area (Å²) in [6, 6.07) is 8.44. The van der Waals surface area contributed by atoms with Crippen LogP contribution < -0.4 is 4.90 Å². The summed E-state index contributed by atoms with van der Waals surface area (Å²) in [6.07, 6.45) is 4.98. The van der Waals surface area contributed by atoms with Gasteiger partial charge in [-0.1, -0.05) is 41.6 Å². The normalized spacial score (nSPS) is 17.0. The number of thiazole rings is 1. The maximum absolute atomic E-state index is 6.30. The summed E-state index contributed by atoms with van der Waals surface area (Å²) >= 11 is 9.68. The predicted octanol–water partition coefficient (Wildman–Crippen LogP) is 5.28. The molecule has 2 fully saturated rings. The minimum atomic E-state index is 0.576. The topological polar surface area (TPSA) is 46.8 Å². The van der Waals surface area contributed by atoms with Gasteiger partial charge in [0, 0.05) is 35.8 Å². The van der Waals surface area contributed by atoms with Gasteiger partial charge in [0.15, 0.2) is 5.16 Å². The van der Waals surface area contributed by atoms with Crippen molar-refractivity contribution < 1.29 is 0 Å². The maximum Gasteiger partial charge on any atom is 0.228 e. The van der Waals surface area contributed by atoms with Crippen molar-refractivity contribution in [1.82, 2.24) is 19.7 Å². The fraction of sp³-hybridized carbons (Fsp3) is 0.421. The molecule has 140 valence electrons. The molecule has 8 heteroatoms. The summed E-state index contributed by atoms with van der Waals surface area (Å²) in [7, 11) is 0. The molecule has 5 nitrogen and oxygen atoms in total. The van der Waals surface area contributed by atoms with Gasteiger partial charge < -0.3 is 4.90 Å². The van der Waals surface area contributed by atoms with Crippen molar-refractivity contribution in [2.75, 3.05) is 18.0 Å². The fourth-order valence-electron chi connectivity index (χ4n) is 3.42. The Morgan fingerprint density at radius 3 is 2.74 bits per heavy atom. The monoisotopic (exact) mass is 417 g/mol. The zero-order valence-corrected chi connectivity index (χ0v) is 17.2. The summed E-state index contributed by atoms with van der Waals surface area (Å²) < 4.78 is 2.36. The first-order valence-corrected chi connectivity index (χ1v) is 11.6. The van der Waals surface area contributed by atoms with E-state index in [0.717, 1.165) is 51.2 Å². The van der Waals surface area contributed by atoms with E-state index in [1.54, 1.807) is 23.1 Å². The summed E-state index contributed by atoms with van der Waals surface area (Å²) in [4.78, 5) is 7.16. The number of anilines is 1. The molecule has 0 atom stereocenters. The average Bonchev–Trinajstić information content (AvgIpc) is 3.10. The molecule has 5 rings (SSSR count). The van der Waals surface area contributed by atoms with Gasteiger partial charge in [0.1, 0.15) is 5.01 Å². The van der Waals surface area contributed by atoms with Crippen LogP contribution in [0.15, 0.2) is 34.8 Å². The van der Waals surface area contributed by atoms with Crippen LogP contribution in [0.2, 0.25) is 5.02 Å². The summed E-state index contributed by atoms with van der Waals surface area (Å²) in [5, 5.41) is 13.9. The van der Waals surface area contributed by atoms with Crippen LogP contribution in [0.4, 0.5) is 5.95 Å². The van der Waals surface area contributed by atoms with E-state index in [0.29, 0.717) is 6.04 Å². The largest absolute Gasteiger partial charge is 0.341 e. The molecule has 0 bridgehead atoms. The van der Waals surface area contributed by atoms with Gasteiger partial charge in [-0.05, 0) is 31.7 Å². The minimum absolute atomic E-state index is 0.576. The van der Waals surface area contributed by atoms with Crippen molar-refractivity contribution in [3.05, 3.63) is 40.4 Å². The number of rotatable bonds is 6. The molecule has 0 unspecified atom stereocenters. The molecule has 27 heavy (non-hydrogen) atoms. The average molecular weight is 418 g/mol. The molecular weight excluding hydrogens is 398 g/mol. The number of hydrogen-bond donors (Lipinski definition) is 0. The molecule has 0 N–H and O–H groups in total. The van der Waals surface area contributed by atoms with Crippen molar-refractivity contribution in [3.63, 3.8) is 0 Å². The molecule has 1 aliphatic carbocycles.